The van der Waals surface area contributed by atoms with E-state index in [0.29, 0.717) is 27.0 Å². The smallest absolute Gasteiger partial charge is 0.358 e. The number of rotatable bonds is 2. The van der Waals surface area contributed by atoms with Crippen LogP contribution in [0.3, 0.4) is 0 Å². The van der Waals surface area contributed by atoms with Gasteiger partial charge in [-0.1, -0.05) is 42.5 Å². The highest BCUT2D eigenvalue weighted by atomic mass is 79.9. The predicted molar refractivity (Wildman–Crippen MR) is 91.2 cm³/mol. The molecule has 0 amide bonds. The molecule has 1 aliphatic rings. The Labute approximate surface area is 140 Å². The molecule has 2 aromatic rings. The molecule has 2 N–H and O–H groups in total. The van der Waals surface area contributed by atoms with Gasteiger partial charge in [0.05, 0.1) is 0 Å². The first-order chi connectivity index (χ1) is 10.5. The van der Waals surface area contributed by atoms with E-state index in [4.69, 9.17) is 17.3 Å². The number of aromatic nitrogens is 1. The van der Waals surface area contributed by atoms with E-state index in [0.717, 1.165) is 11.1 Å². The van der Waals surface area contributed by atoms with Crippen LogP contribution < -0.4 is 0 Å². The molecule has 0 bridgehead atoms. The molecule has 0 unspecified atom stereocenters. The Morgan fingerprint density at radius 2 is 1.95 bits per heavy atom. The van der Waals surface area contributed by atoms with E-state index in [9.17, 15) is 9.90 Å². The largest absolute Gasteiger partial charge is 0.505 e. The van der Waals surface area contributed by atoms with Crippen molar-refractivity contribution < 1.29 is 15.0 Å². The molecule has 0 fully saturated rings. The van der Waals surface area contributed by atoms with Gasteiger partial charge in [-0.05, 0) is 33.1 Å². The zero-order valence-corrected chi connectivity index (χ0v) is 13.6. The van der Waals surface area contributed by atoms with Crippen molar-refractivity contribution >= 4 is 50.6 Å². The number of carboxylic acid groups (broad SMARTS) is 1. The Balaban J connectivity index is 2.23. The van der Waals surface area contributed by atoms with Crippen molar-refractivity contribution in [2.24, 2.45) is 0 Å². The maximum atomic E-state index is 11.2. The molecule has 0 atom stereocenters. The summed E-state index contributed by atoms with van der Waals surface area (Å²) in [6.07, 6.45) is 2.35. The van der Waals surface area contributed by atoms with Crippen molar-refractivity contribution in [3.8, 4) is 5.75 Å². The summed E-state index contributed by atoms with van der Waals surface area (Å²) >= 11 is 8.66. The predicted octanol–water partition coefficient (Wildman–Crippen LogP) is 3.91. The average molecular weight is 376 g/mol. The minimum Gasteiger partial charge on any atom is -0.505 e. The number of carboxylic acids is 1. The lowest BCUT2D eigenvalue weighted by molar-refractivity contribution is 0.0686. The van der Waals surface area contributed by atoms with Crippen molar-refractivity contribution in [2.75, 3.05) is 0 Å². The van der Waals surface area contributed by atoms with Gasteiger partial charge in [-0.25, -0.2) is 9.78 Å². The molecule has 0 saturated carbocycles. The molecule has 3 rings (SSSR count). The SMILES string of the molecule is O=C(O)c1nc(Br)c2c(c1O)C(=S)CC(c1ccccc1)=C2. The summed E-state index contributed by atoms with van der Waals surface area (Å²) in [5.74, 6) is -1.67. The molecule has 6 heteroatoms. The minimum absolute atomic E-state index is 0.355. The fourth-order valence-electron chi connectivity index (χ4n) is 2.45. The van der Waals surface area contributed by atoms with E-state index >= 15 is 0 Å². The molecule has 4 nitrogen and oxygen atoms in total. The van der Waals surface area contributed by atoms with Crippen LogP contribution in [0.1, 0.15) is 33.6 Å². The highest BCUT2D eigenvalue weighted by Gasteiger charge is 2.27. The highest BCUT2D eigenvalue weighted by molar-refractivity contribution is 9.10. The molecule has 0 spiro atoms. The first kappa shape index (κ1) is 14.9. The van der Waals surface area contributed by atoms with Crippen molar-refractivity contribution in [2.45, 2.75) is 6.42 Å². The van der Waals surface area contributed by atoms with Gasteiger partial charge in [0.2, 0.25) is 0 Å². The number of fused-ring (bicyclic) bond motifs is 1. The van der Waals surface area contributed by atoms with Crippen LogP contribution in [-0.2, 0) is 0 Å². The summed E-state index contributed by atoms with van der Waals surface area (Å²) < 4.78 is 0.355. The lowest BCUT2D eigenvalue weighted by Crippen LogP contribution is -2.13. The van der Waals surface area contributed by atoms with Gasteiger partial charge in [0.25, 0.3) is 0 Å². The van der Waals surface area contributed by atoms with Gasteiger partial charge in [0.15, 0.2) is 11.4 Å². The molecule has 22 heavy (non-hydrogen) atoms. The number of nitrogens with zero attached hydrogens (tertiary/aromatic N) is 1. The molecule has 1 aromatic heterocycles. The second kappa shape index (κ2) is 5.62. The van der Waals surface area contributed by atoms with E-state index in [1.807, 2.05) is 36.4 Å². The molecule has 1 heterocycles. The Hall–Kier alpha value is -2.05. The first-order valence-electron chi connectivity index (χ1n) is 6.44. The molecule has 1 aliphatic carbocycles. The van der Waals surface area contributed by atoms with Gasteiger partial charge in [-0.2, -0.15) is 0 Å². The zero-order valence-electron chi connectivity index (χ0n) is 11.2. The standard InChI is InChI=1S/C16H10BrNO3S/c17-15-10-6-9(8-4-2-1-3-5-8)7-11(22)12(10)14(19)13(18-15)16(20)21/h1-6,19H,7H2,(H,20,21). The Bertz CT molecular complexity index is 831. The second-order valence-electron chi connectivity index (χ2n) is 4.83. The molecule has 0 aliphatic heterocycles. The Morgan fingerprint density at radius 1 is 1.27 bits per heavy atom. The zero-order chi connectivity index (χ0) is 15.9. The topological polar surface area (TPSA) is 70.4 Å². The maximum Gasteiger partial charge on any atom is 0.358 e. The quantitative estimate of drug-likeness (QED) is 0.614. The Morgan fingerprint density at radius 3 is 2.59 bits per heavy atom. The molecule has 110 valence electrons. The summed E-state index contributed by atoms with van der Waals surface area (Å²) in [6, 6.07) is 9.76. The van der Waals surface area contributed by atoms with Gasteiger partial charge < -0.3 is 10.2 Å². The molecular weight excluding hydrogens is 366 g/mol. The monoisotopic (exact) mass is 375 g/mol. The van der Waals surface area contributed by atoms with Gasteiger partial charge in [0, 0.05) is 22.4 Å². The summed E-state index contributed by atoms with van der Waals surface area (Å²) in [4.78, 5) is 15.6. The number of pyridine rings is 1. The number of thiocarbonyl (C=S) groups is 1. The summed E-state index contributed by atoms with van der Waals surface area (Å²) in [5.41, 5.74) is 2.61. The third kappa shape index (κ3) is 2.44. The fourth-order valence-corrected chi connectivity index (χ4v) is 3.30. The number of hydrogen-bond donors (Lipinski definition) is 2. The van der Waals surface area contributed by atoms with Crippen LogP contribution in [-0.4, -0.2) is 26.0 Å². The lowest BCUT2D eigenvalue weighted by atomic mass is 9.88. The normalized spacial score (nSPS) is 13.5. The van der Waals surface area contributed by atoms with Crippen molar-refractivity contribution in [3.63, 3.8) is 0 Å². The molecule has 0 saturated heterocycles. The number of benzene rings is 1. The van der Waals surface area contributed by atoms with Crippen molar-refractivity contribution in [1.82, 2.24) is 4.98 Å². The number of allylic oxidation sites excluding steroid dienone is 1. The second-order valence-corrected chi connectivity index (χ2v) is 6.07. The number of aromatic carboxylic acids is 1. The van der Waals surface area contributed by atoms with E-state index in [2.05, 4.69) is 20.9 Å². The summed E-state index contributed by atoms with van der Waals surface area (Å²) in [5, 5.41) is 19.3. The van der Waals surface area contributed by atoms with Gasteiger partial charge in [0.1, 0.15) is 4.60 Å². The van der Waals surface area contributed by atoms with Crippen LogP contribution >= 0.6 is 28.1 Å². The van der Waals surface area contributed by atoms with Crippen LogP contribution in [0, 0.1) is 0 Å². The van der Waals surface area contributed by atoms with E-state index in [-0.39, 0.29) is 5.75 Å². The summed E-state index contributed by atoms with van der Waals surface area (Å²) in [7, 11) is 0. The molecule has 0 radical (unpaired) electrons. The van der Waals surface area contributed by atoms with Crippen LogP contribution in [0.4, 0.5) is 0 Å². The third-order valence-corrected chi connectivity index (χ3v) is 4.41. The number of halogens is 1. The fraction of sp³-hybridized carbons (Fsp3) is 0.0625. The van der Waals surface area contributed by atoms with Crippen LogP contribution in [0.15, 0.2) is 34.9 Å². The molecule has 1 aromatic carbocycles. The third-order valence-electron chi connectivity index (χ3n) is 3.46. The number of hydrogen-bond acceptors (Lipinski definition) is 4. The first-order valence-corrected chi connectivity index (χ1v) is 7.64. The van der Waals surface area contributed by atoms with Crippen molar-refractivity contribution in [1.29, 1.82) is 0 Å². The van der Waals surface area contributed by atoms with E-state index in [1.165, 1.54) is 0 Å². The van der Waals surface area contributed by atoms with Crippen LogP contribution in [0.25, 0.3) is 11.6 Å². The van der Waals surface area contributed by atoms with E-state index < -0.39 is 11.7 Å². The van der Waals surface area contributed by atoms with Gasteiger partial charge in [-0.15, -0.1) is 0 Å². The average Bonchev–Trinajstić information content (AvgIpc) is 2.50. The van der Waals surface area contributed by atoms with E-state index in [1.54, 1.807) is 0 Å². The van der Waals surface area contributed by atoms with Crippen molar-refractivity contribution in [3.05, 3.63) is 57.3 Å². The minimum atomic E-state index is -1.29. The van der Waals surface area contributed by atoms with Crippen LogP contribution in [0.5, 0.6) is 5.75 Å². The number of aromatic hydroxyl groups is 1. The Kier molecular flexibility index (Phi) is 3.80. The molecular formula is C16H10BrNO3S. The maximum absolute atomic E-state index is 11.2. The summed E-state index contributed by atoms with van der Waals surface area (Å²) in [6.45, 7) is 0. The number of carbonyl (C=O) groups is 1. The van der Waals surface area contributed by atoms with Crippen LogP contribution in [0.2, 0.25) is 0 Å². The van der Waals surface area contributed by atoms with Gasteiger partial charge in [-0.3, -0.25) is 0 Å². The highest BCUT2D eigenvalue weighted by Crippen LogP contribution is 2.39. The van der Waals surface area contributed by atoms with Gasteiger partial charge >= 0.3 is 5.97 Å². The lowest BCUT2D eigenvalue weighted by Gasteiger charge is -2.20.